The molecule has 208 valence electrons. The van der Waals surface area contributed by atoms with Gasteiger partial charge < -0.3 is 4.90 Å². The standard InChI is InChI=1S/C29H31Br2IN2O4S/c1-19-11-13-23(14-12-19)39(37,38)33(5)26(35)17-22(18-29(2,3)4)34(28(36)20-9-7-6-8-10-20)21-15-24(30)27(32)25(31)16-21/h6-16,22H,17-18H2,1-5H3/t22-/m1/s1. The molecule has 3 aromatic rings. The van der Waals surface area contributed by atoms with E-state index in [1.54, 1.807) is 41.3 Å². The summed E-state index contributed by atoms with van der Waals surface area (Å²) in [5.74, 6) is -0.874. The minimum Gasteiger partial charge on any atom is -0.305 e. The number of aryl methyl sites for hydroxylation is 1. The summed E-state index contributed by atoms with van der Waals surface area (Å²) in [6.07, 6.45) is 0.273. The summed E-state index contributed by atoms with van der Waals surface area (Å²) >= 11 is 9.36. The normalized spacial score (nSPS) is 12.6. The summed E-state index contributed by atoms with van der Waals surface area (Å²) < 4.78 is 29.9. The van der Waals surface area contributed by atoms with Gasteiger partial charge in [-0.1, -0.05) is 56.7 Å². The maximum absolute atomic E-state index is 14.0. The molecule has 0 saturated heterocycles. The van der Waals surface area contributed by atoms with E-state index in [9.17, 15) is 18.0 Å². The molecule has 0 radical (unpaired) electrons. The van der Waals surface area contributed by atoms with Crippen molar-refractivity contribution in [2.75, 3.05) is 11.9 Å². The Balaban J connectivity index is 2.09. The van der Waals surface area contributed by atoms with Crippen LogP contribution < -0.4 is 4.90 Å². The first kappa shape index (κ1) is 31.8. The number of carbonyl (C=O) groups is 2. The smallest absolute Gasteiger partial charge is 0.266 e. The number of carbonyl (C=O) groups excluding carboxylic acids is 2. The van der Waals surface area contributed by atoms with Gasteiger partial charge in [0.05, 0.1) is 4.90 Å². The second kappa shape index (κ2) is 12.8. The van der Waals surface area contributed by atoms with Crippen molar-refractivity contribution in [3.05, 3.63) is 90.4 Å². The Labute approximate surface area is 261 Å². The van der Waals surface area contributed by atoms with Gasteiger partial charge in [0.1, 0.15) is 0 Å². The van der Waals surface area contributed by atoms with Gasteiger partial charge in [0, 0.05) is 43.3 Å². The molecule has 0 aliphatic rings. The van der Waals surface area contributed by atoms with Crippen molar-refractivity contribution in [2.24, 2.45) is 5.41 Å². The van der Waals surface area contributed by atoms with Crippen molar-refractivity contribution < 1.29 is 18.0 Å². The van der Waals surface area contributed by atoms with Gasteiger partial charge in [-0.25, -0.2) is 12.7 Å². The monoisotopic (exact) mass is 788 g/mol. The fraction of sp³-hybridized carbons (Fsp3) is 0.310. The van der Waals surface area contributed by atoms with Gasteiger partial charge in [-0.05, 0) is 110 Å². The van der Waals surface area contributed by atoms with Crippen molar-refractivity contribution >= 4 is 82.0 Å². The highest BCUT2D eigenvalue weighted by Gasteiger charge is 2.35. The average Bonchev–Trinajstić information content (AvgIpc) is 2.86. The van der Waals surface area contributed by atoms with Crippen molar-refractivity contribution in [3.63, 3.8) is 0 Å². The van der Waals surface area contributed by atoms with Gasteiger partial charge in [-0.3, -0.25) is 9.59 Å². The van der Waals surface area contributed by atoms with Crippen LogP contribution in [0.3, 0.4) is 0 Å². The van der Waals surface area contributed by atoms with E-state index in [4.69, 9.17) is 0 Å². The molecule has 3 aromatic carbocycles. The molecule has 0 aromatic heterocycles. The van der Waals surface area contributed by atoms with Crippen molar-refractivity contribution in [2.45, 2.75) is 51.5 Å². The Hall–Kier alpha value is -1.76. The quantitative estimate of drug-likeness (QED) is 0.173. The maximum Gasteiger partial charge on any atom is 0.266 e. The predicted molar refractivity (Wildman–Crippen MR) is 171 cm³/mol. The molecule has 6 nitrogen and oxygen atoms in total. The molecular weight excluding hydrogens is 759 g/mol. The minimum atomic E-state index is -4.06. The maximum atomic E-state index is 14.0. The van der Waals surface area contributed by atoms with Crippen molar-refractivity contribution in [1.29, 1.82) is 0 Å². The topological polar surface area (TPSA) is 74.8 Å². The summed E-state index contributed by atoms with van der Waals surface area (Å²) in [6, 6.07) is 18.3. The number of hydrogen-bond acceptors (Lipinski definition) is 4. The highest BCUT2D eigenvalue weighted by atomic mass is 127. The van der Waals surface area contributed by atoms with E-state index in [0.717, 1.165) is 22.4 Å². The first-order valence-electron chi connectivity index (χ1n) is 12.2. The first-order valence-corrected chi connectivity index (χ1v) is 16.3. The number of sulfonamides is 1. The fourth-order valence-electron chi connectivity index (χ4n) is 4.19. The SMILES string of the molecule is Cc1ccc(S(=O)(=O)N(C)C(=O)C[C@H](CC(C)(C)C)N(C(=O)c2ccccc2)c2cc(Br)c(I)c(Br)c2)cc1. The molecule has 0 bridgehead atoms. The summed E-state index contributed by atoms with van der Waals surface area (Å²) in [6.45, 7) is 7.95. The zero-order chi connectivity index (χ0) is 29.1. The number of benzene rings is 3. The second-order valence-corrected chi connectivity index (χ2v) is 15.3. The van der Waals surface area contributed by atoms with Gasteiger partial charge >= 0.3 is 0 Å². The van der Waals surface area contributed by atoms with Crippen LogP contribution in [0.5, 0.6) is 0 Å². The van der Waals surface area contributed by atoms with E-state index in [-0.39, 0.29) is 22.6 Å². The van der Waals surface area contributed by atoms with E-state index in [2.05, 4.69) is 54.5 Å². The lowest BCUT2D eigenvalue weighted by Crippen LogP contribution is -2.46. The number of hydrogen-bond donors (Lipinski definition) is 0. The van der Waals surface area contributed by atoms with Crippen LogP contribution >= 0.6 is 54.5 Å². The van der Waals surface area contributed by atoms with E-state index in [1.165, 1.54) is 19.2 Å². The van der Waals surface area contributed by atoms with E-state index < -0.39 is 22.0 Å². The number of anilines is 1. The Morgan fingerprint density at radius 3 is 2.00 bits per heavy atom. The van der Waals surface area contributed by atoms with Crippen LogP contribution in [0.15, 0.2) is 80.6 Å². The summed E-state index contributed by atoms with van der Waals surface area (Å²) in [5, 5.41) is 0. The van der Waals surface area contributed by atoms with Crippen molar-refractivity contribution in [3.8, 4) is 0 Å². The van der Waals surface area contributed by atoms with Gasteiger partial charge in [0.2, 0.25) is 5.91 Å². The van der Waals surface area contributed by atoms with Crippen LogP contribution in [0.2, 0.25) is 0 Å². The zero-order valence-electron chi connectivity index (χ0n) is 22.4. The molecule has 39 heavy (non-hydrogen) atoms. The Morgan fingerprint density at radius 1 is 0.949 bits per heavy atom. The lowest BCUT2D eigenvalue weighted by Gasteiger charge is -2.36. The zero-order valence-corrected chi connectivity index (χ0v) is 28.6. The minimum absolute atomic E-state index is 0.0408. The van der Waals surface area contributed by atoms with Crippen LogP contribution in [0, 0.1) is 15.9 Å². The highest BCUT2D eigenvalue weighted by Crippen LogP contribution is 2.36. The summed E-state index contributed by atoms with van der Waals surface area (Å²) in [5.41, 5.74) is 1.70. The lowest BCUT2D eigenvalue weighted by atomic mass is 9.85. The third-order valence-electron chi connectivity index (χ3n) is 6.14. The second-order valence-electron chi connectivity index (χ2n) is 10.6. The summed E-state index contributed by atoms with van der Waals surface area (Å²) in [4.78, 5) is 29.3. The number of halogens is 3. The molecule has 0 aliphatic carbocycles. The molecule has 1 atom stereocenters. The average molecular weight is 790 g/mol. The molecule has 0 heterocycles. The van der Waals surface area contributed by atoms with E-state index in [1.807, 2.05) is 45.9 Å². The Kier molecular flexibility index (Phi) is 10.4. The predicted octanol–water partition coefficient (Wildman–Crippen LogP) is 7.81. The molecule has 0 saturated carbocycles. The van der Waals surface area contributed by atoms with Crippen LogP contribution in [0.25, 0.3) is 0 Å². The third kappa shape index (κ3) is 7.92. The van der Waals surface area contributed by atoms with Gasteiger partial charge in [-0.2, -0.15) is 0 Å². The molecule has 3 rings (SSSR count). The van der Waals surface area contributed by atoms with E-state index in [0.29, 0.717) is 17.7 Å². The van der Waals surface area contributed by atoms with Gasteiger partial charge in [-0.15, -0.1) is 0 Å². The molecule has 0 spiro atoms. The van der Waals surface area contributed by atoms with Crippen LogP contribution in [-0.2, 0) is 14.8 Å². The van der Waals surface area contributed by atoms with Gasteiger partial charge in [0.15, 0.2) is 0 Å². The number of amides is 2. The van der Waals surface area contributed by atoms with Gasteiger partial charge in [0.25, 0.3) is 15.9 Å². The lowest BCUT2D eigenvalue weighted by molar-refractivity contribution is -0.126. The largest absolute Gasteiger partial charge is 0.305 e. The Bertz CT molecular complexity index is 1430. The first-order chi connectivity index (χ1) is 18.1. The molecular formula is C29H31Br2IN2O4S. The van der Waals surface area contributed by atoms with E-state index >= 15 is 0 Å². The molecule has 0 N–H and O–H groups in total. The van der Waals surface area contributed by atoms with Crippen LogP contribution in [-0.4, -0.2) is 37.6 Å². The fourth-order valence-corrected chi connectivity index (χ4v) is 6.80. The Morgan fingerprint density at radius 2 is 1.49 bits per heavy atom. The highest BCUT2D eigenvalue weighted by molar-refractivity contribution is 14.1. The third-order valence-corrected chi connectivity index (χ3v) is 11.8. The number of rotatable bonds is 8. The molecule has 0 aliphatic heterocycles. The summed E-state index contributed by atoms with van der Waals surface area (Å²) in [7, 11) is -2.79. The molecule has 0 unspecified atom stereocenters. The molecule has 2 amide bonds. The van der Waals surface area contributed by atoms with Crippen molar-refractivity contribution in [1.82, 2.24) is 4.31 Å². The van der Waals surface area contributed by atoms with Crippen LogP contribution in [0.4, 0.5) is 5.69 Å². The molecule has 10 heteroatoms. The molecule has 0 fully saturated rings. The number of nitrogens with zero attached hydrogens (tertiary/aromatic N) is 2. The van der Waals surface area contributed by atoms with Crippen LogP contribution in [0.1, 0.15) is 49.5 Å².